The van der Waals surface area contributed by atoms with Crippen LogP contribution in [0.25, 0.3) is 0 Å². The van der Waals surface area contributed by atoms with E-state index in [1.54, 1.807) is 0 Å². The molecule has 42 valence electrons. The van der Waals surface area contributed by atoms with E-state index in [1.807, 2.05) is 0 Å². The first kappa shape index (κ1) is 5.43. The molecule has 0 aliphatic heterocycles. The van der Waals surface area contributed by atoms with Crippen molar-refractivity contribution in [3.8, 4) is 0 Å². The Morgan fingerprint density at radius 2 is 2.29 bits per heavy atom. The van der Waals surface area contributed by atoms with Crippen LogP contribution in [0.1, 0.15) is 27.6 Å². The van der Waals surface area contributed by atoms with Gasteiger partial charge >= 0.3 is 1.43 Å². The molecule has 0 aromatic carbocycles. The van der Waals surface area contributed by atoms with Gasteiger partial charge < -0.3 is 0 Å². The topological polar surface area (TPSA) is 0 Å². The monoisotopic (exact) mass is 119 g/mol. The van der Waals surface area contributed by atoms with Crippen molar-refractivity contribution in [2.75, 3.05) is 0 Å². The predicted molar refractivity (Wildman–Crippen MR) is 33.8 cm³/mol. The molecule has 0 aromatic rings. The van der Waals surface area contributed by atoms with E-state index in [9.17, 15) is 0 Å². The highest BCUT2D eigenvalue weighted by Gasteiger charge is 2.17. The molecule has 0 saturated heterocycles. The van der Waals surface area contributed by atoms with Crippen LogP contribution in [0.4, 0.5) is 0 Å². The fourth-order valence-electron chi connectivity index (χ4n) is 1.14. The molecule has 0 amide bonds. The predicted octanol–water partition coefficient (Wildman–Crippen LogP) is 2.53. The number of hydrogen-bond acceptors (Lipinski definition) is 0. The molecule has 0 radical (unpaired) electrons. The third-order valence-corrected chi connectivity index (χ3v) is 2.03. The summed E-state index contributed by atoms with van der Waals surface area (Å²) >= 11 is 5.81. The standard InChI is InChI=1S/C6H11Cl/c1-5-2-3-6(7)4-5/h5-6H,2-4H2,1H3/p+1. The van der Waals surface area contributed by atoms with E-state index in [1.165, 1.54) is 19.3 Å². The van der Waals surface area contributed by atoms with E-state index in [0.717, 1.165) is 5.92 Å². The van der Waals surface area contributed by atoms with E-state index >= 15 is 0 Å². The summed E-state index contributed by atoms with van der Waals surface area (Å²) in [7, 11) is 0. The zero-order chi connectivity index (χ0) is 5.28. The quantitative estimate of drug-likeness (QED) is 0.430. The second-order valence-corrected chi connectivity index (χ2v) is 3.13. The van der Waals surface area contributed by atoms with Gasteiger partial charge in [-0.3, -0.25) is 0 Å². The normalized spacial score (nSPS) is 42.0. The summed E-state index contributed by atoms with van der Waals surface area (Å²) in [5.41, 5.74) is 0. The van der Waals surface area contributed by atoms with Crippen molar-refractivity contribution in [3.05, 3.63) is 0 Å². The van der Waals surface area contributed by atoms with Gasteiger partial charge in [-0.1, -0.05) is 6.92 Å². The van der Waals surface area contributed by atoms with Gasteiger partial charge in [0.25, 0.3) is 0 Å². The molecule has 1 rings (SSSR count). The highest BCUT2D eigenvalue weighted by atomic mass is 35.5. The third kappa shape index (κ3) is 1.34. The summed E-state index contributed by atoms with van der Waals surface area (Å²) in [6.45, 7) is 2.27. The van der Waals surface area contributed by atoms with Crippen LogP contribution in [0.2, 0.25) is 0 Å². The number of halogens is 1. The van der Waals surface area contributed by atoms with Crippen LogP contribution in [0, 0.1) is 5.92 Å². The van der Waals surface area contributed by atoms with Gasteiger partial charge in [-0.15, -0.1) is 11.6 Å². The molecule has 1 aliphatic carbocycles. The van der Waals surface area contributed by atoms with Crippen LogP contribution in [-0.4, -0.2) is 5.38 Å². The number of hydrogen-bond donors (Lipinski definition) is 0. The molecule has 1 heteroatoms. The Labute approximate surface area is 51.3 Å². The maximum atomic E-state index is 5.81. The fraction of sp³-hybridized carbons (Fsp3) is 1.00. The lowest BCUT2D eigenvalue weighted by Gasteiger charge is -1.94. The summed E-state index contributed by atoms with van der Waals surface area (Å²) < 4.78 is 0. The minimum Gasteiger partial charge on any atom is -0.123 e. The zero-order valence-electron chi connectivity index (χ0n) is 5.65. The van der Waals surface area contributed by atoms with Crippen LogP contribution in [0.5, 0.6) is 0 Å². The van der Waals surface area contributed by atoms with Gasteiger partial charge in [0.05, 0.1) is 0 Å². The van der Waals surface area contributed by atoms with Gasteiger partial charge in [0.2, 0.25) is 0 Å². The first-order valence-corrected chi connectivity index (χ1v) is 3.36. The van der Waals surface area contributed by atoms with Crippen molar-refractivity contribution in [1.29, 1.82) is 0 Å². The van der Waals surface area contributed by atoms with Crippen molar-refractivity contribution in [2.45, 2.75) is 31.6 Å². The molecule has 2 atom stereocenters. The second-order valence-electron chi connectivity index (χ2n) is 2.52. The lowest BCUT2D eigenvalue weighted by atomic mass is 10.2. The van der Waals surface area contributed by atoms with Gasteiger partial charge in [0, 0.05) is 5.38 Å². The maximum absolute atomic E-state index is 5.81. The van der Waals surface area contributed by atoms with Gasteiger partial charge in [-0.2, -0.15) is 0 Å². The summed E-state index contributed by atoms with van der Waals surface area (Å²) in [6, 6.07) is 0. The van der Waals surface area contributed by atoms with Crippen LogP contribution in [0.15, 0.2) is 0 Å². The van der Waals surface area contributed by atoms with Crippen molar-refractivity contribution < 1.29 is 1.43 Å². The Morgan fingerprint density at radius 3 is 2.43 bits per heavy atom. The lowest BCUT2D eigenvalue weighted by Crippen LogP contribution is -1.87. The van der Waals surface area contributed by atoms with Gasteiger partial charge in [-0.25, -0.2) is 0 Å². The van der Waals surface area contributed by atoms with E-state index in [4.69, 9.17) is 11.6 Å². The van der Waals surface area contributed by atoms with E-state index in [-0.39, 0.29) is 1.43 Å². The van der Waals surface area contributed by atoms with Crippen LogP contribution in [0.3, 0.4) is 0 Å². The molecule has 7 heavy (non-hydrogen) atoms. The minimum absolute atomic E-state index is 0. The summed E-state index contributed by atoms with van der Waals surface area (Å²) in [5, 5.41) is 0.495. The molecule has 0 N–H and O–H groups in total. The molecular formula is C6H12Cl+. The first-order chi connectivity index (χ1) is 3.29. The summed E-state index contributed by atoms with van der Waals surface area (Å²) in [6.07, 6.45) is 3.82. The smallest absolute Gasteiger partial charge is 0.123 e. The highest BCUT2D eigenvalue weighted by molar-refractivity contribution is 6.20. The minimum atomic E-state index is 0. The zero-order valence-corrected chi connectivity index (χ0v) is 5.41. The number of alkyl halides is 1. The van der Waals surface area contributed by atoms with Crippen LogP contribution < -0.4 is 0 Å². The van der Waals surface area contributed by atoms with Gasteiger partial charge in [0.15, 0.2) is 0 Å². The van der Waals surface area contributed by atoms with Crippen LogP contribution >= 0.6 is 11.6 Å². The van der Waals surface area contributed by atoms with E-state index < -0.39 is 0 Å². The second kappa shape index (κ2) is 2.04. The number of rotatable bonds is 0. The van der Waals surface area contributed by atoms with Crippen molar-refractivity contribution in [3.63, 3.8) is 0 Å². The average Bonchev–Trinajstić information content (AvgIpc) is 1.87. The lowest BCUT2D eigenvalue weighted by molar-refractivity contribution is 0.613. The maximum Gasteiger partial charge on any atom is 1.00 e. The van der Waals surface area contributed by atoms with Crippen LogP contribution in [-0.2, 0) is 0 Å². The van der Waals surface area contributed by atoms with Crippen molar-refractivity contribution >= 4 is 11.6 Å². The van der Waals surface area contributed by atoms with Gasteiger partial charge in [-0.05, 0) is 25.2 Å². The molecule has 0 nitrogen and oxygen atoms in total. The van der Waals surface area contributed by atoms with Crippen molar-refractivity contribution in [2.24, 2.45) is 5.92 Å². The fourth-order valence-corrected chi connectivity index (χ4v) is 1.57. The van der Waals surface area contributed by atoms with Crippen molar-refractivity contribution in [1.82, 2.24) is 0 Å². The Balaban J connectivity index is 0.000000490. The van der Waals surface area contributed by atoms with Gasteiger partial charge in [0.1, 0.15) is 0 Å². The Morgan fingerprint density at radius 1 is 1.57 bits per heavy atom. The average molecular weight is 120 g/mol. The van der Waals surface area contributed by atoms with E-state index in [2.05, 4.69) is 6.92 Å². The molecule has 1 aliphatic rings. The highest BCUT2D eigenvalue weighted by Crippen LogP contribution is 2.28. The van der Waals surface area contributed by atoms with E-state index in [0.29, 0.717) is 5.38 Å². The molecule has 0 aromatic heterocycles. The molecule has 0 spiro atoms. The molecule has 0 bridgehead atoms. The summed E-state index contributed by atoms with van der Waals surface area (Å²) in [4.78, 5) is 0. The molecule has 1 saturated carbocycles. The molecule has 1 fully saturated rings. The Hall–Kier alpha value is 0.290. The SMILES string of the molecule is CC1CCC(Cl)C1.[H+]. The first-order valence-electron chi connectivity index (χ1n) is 2.93. The Kier molecular flexibility index (Phi) is 1.58. The molecular weight excluding hydrogens is 108 g/mol. The molecule has 0 heterocycles. The Bertz CT molecular complexity index is 57.5. The summed E-state index contributed by atoms with van der Waals surface area (Å²) in [5.74, 6) is 0.891. The largest absolute Gasteiger partial charge is 1.00 e. The third-order valence-electron chi connectivity index (χ3n) is 1.63. The molecule has 2 unspecified atom stereocenters.